The molecule has 0 unspecified atom stereocenters. The first-order chi connectivity index (χ1) is 11.6. The second-order valence-corrected chi connectivity index (χ2v) is 7.12. The summed E-state index contributed by atoms with van der Waals surface area (Å²) in [5, 5.41) is 7.17. The highest BCUT2D eigenvalue weighted by Crippen LogP contribution is 2.18. The molecule has 0 radical (unpaired) electrons. The standard InChI is InChI=1S/C18H26N4OS/c1-2-14-3-5-16(6-4-14)20-18(24)22-11-9-21(10-12-22)13-17(23)19-15-7-8-15/h3-6,15H,2,7-13H2,1H3,(H,19,23)(H,20,24)/p+1. The topological polar surface area (TPSA) is 48.8 Å². The maximum Gasteiger partial charge on any atom is 0.275 e. The molecule has 1 aliphatic carbocycles. The number of rotatable bonds is 5. The fourth-order valence-electron chi connectivity index (χ4n) is 2.96. The second kappa shape index (κ2) is 7.94. The summed E-state index contributed by atoms with van der Waals surface area (Å²) in [6, 6.07) is 8.87. The van der Waals surface area contributed by atoms with Crippen molar-refractivity contribution in [3.8, 4) is 0 Å². The van der Waals surface area contributed by atoms with E-state index in [9.17, 15) is 4.79 Å². The first-order valence-corrected chi connectivity index (χ1v) is 9.32. The number of carbonyl (C=O) groups is 1. The van der Waals surface area contributed by atoms with Crippen LogP contribution in [-0.2, 0) is 11.2 Å². The van der Waals surface area contributed by atoms with E-state index in [1.807, 2.05) is 0 Å². The highest BCUT2D eigenvalue weighted by Gasteiger charge is 2.27. The summed E-state index contributed by atoms with van der Waals surface area (Å²) in [6.07, 6.45) is 3.34. The lowest BCUT2D eigenvalue weighted by molar-refractivity contribution is -0.895. The van der Waals surface area contributed by atoms with E-state index in [4.69, 9.17) is 12.2 Å². The Labute approximate surface area is 149 Å². The summed E-state index contributed by atoms with van der Waals surface area (Å²) < 4.78 is 0. The molecule has 2 aliphatic rings. The first-order valence-electron chi connectivity index (χ1n) is 8.92. The SMILES string of the molecule is CCc1ccc(NC(=S)N2CC[NH+](CC(=O)NC3CC3)CC2)cc1. The van der Waals surface area contributed by atoms with Crippen LogP contribution in [0.2, 0.25) is 0 Å². The molecule has 2 fully saturated rings. The van der Waals surface area contributed by atoms with E-state index in [0.717, 1.165) is 56.2 Å². The Balaban J connectivity index is 1.41. The molecule has 0 atom stereocenters. The lowest BCUT2D eigenvalue weighted by Gasteiger charge is -2.33. The van der Waals surface area contributed by atoms with E-state index in [2.05, 4.69) is 46.7 Å². The van der Waals surface area contributed by atoms with Gasteiger partial charge in [-0.25, -0.2) is 0 Å². The quantitative estimate of drug-likeness (QED) is 0.676. The summed E-state index contributed by atoms with van der Waals surface area (Å²) in [4.78, 5) is 15.4. The molecule has 1 aromatic carbocycles. The number of aryl methyl sites for hydroxylation is 1. The maximum absolute atomic E-state index is 11.9. The van der Waals surface area contributed by atoms with Gasteiger partial charge in [-0.15, -0.1) is 0 Å². The Hall–Kier alpha value is -1.66. The molecule has 6 heteroatoms. The van der Waals surface area contributed by atoms with Crippen molar-refractivity contribution in [2.75, 3.05) is 38.0 Å². The zero-order chi connectivity index (χ0) is 16.9. The molecule has 1 saturated heterocycles. The lowest BCUT2D eigenvalue weighted by Crippen LogP contribution is -3.15. The Morgan fingerprint density at radius 2 is 1.92 bits per heavy atom. The van der Waals surface area contributed by atoms with Crippen LogP contribution in [0.3, 0.4) is 0 Å². The van der Waals surface area contributed by atoms with Gasteiger partial charge in [-0.1, -0.05) is 19.1 Å². The third-order valence-electron chi connectivity index (χ3n) is 4.72. The summed E-state index contributed by atoms with van der Waals surface area (Å²) in [7, 11) is 0. The molecular weight excluding hydrogens is 320 g/mol. The van der Waals surface area contributed by atoms with Crippen molar-refractivity contribution in [2.24, 2.45) is 0 Å². The Bertz CT molecular complexity index is 577. The number of hydrogen-bond acceptors (Lipinski definition) is 2. The molecule has 1 saturated carbocycles. The van der Waals surface area contributed by atoms with Crippen LogP contribution in [0.15, 0.2) is 24.3 Å². The van der Waals surface area contributed by atoms with Crippen molar-refractivity contribution in [3.63, 3.8) is 0 Å². The zero-order valence-electron chi connectivity index (χ0n) is 14.3. The highest BCUT2D eigenvalue weighted by atomic mass is 32.1. The van der Waals surface area contributed by atoms with Crippen molar-refractivity contribution in [1.29, 1.82) is 0 Å². The van der Waals surface area contributed by atoms with Gasteiger partial charge in [-0.2, -0.15) is 0 Å². The monoisotopic (exact) mass is 347 g/mol. The van der Waals surface area contributed by atoms with Gasteiger partial charge in [0.2, 0.25) is 0 Å². The van der Waals surface area contributed by atoms with E-state index in [1.165, 1.54) is 10.5 Å². The summed E-state index contributed by atoms with van der Waals surface area (Å²) in [5.74, 6) is 0.192. The number of hydrogen-bond donors (Lipinski definition) is 3. The van der Waals surface area contributed by atoms with Gasteiger partial charge in [0.15, 0.2) is 11.7 Å². The number of nitrogens with zero attached hydrogens (tertiary/aromatic N) is 1. The van der Waals surface area contributed by atoms with Crippen molar-refractivity contribution in [1.82, 2.24) is 10.2 Å². The Morgan fingerprint density at radius 1 is 1.25 bits per heavy atom. The minimum atomic E-state index is 0.192. The molecule has 0 bridgehead atoms. The van der Waals surface area contributed by atoms with Gasteiger partial charge in [-0.05, 0) is 49.2 Å². The van der Waals surface area contributed by atoms with Crippen LogP contribution in [0.5, 0.6) is 0 Å². The fourth-order valence-corrected chi connectivity index (χ4v) is 3.26. The first kappa shape index (κ1) is 17.2. The molecule has 1 aromatic rings. The van der Waals surface area contributed by atoms with E-state index < -0.39 is 0 Å². The number of carbonyl (C=O) groups excluding carboxylic acids is 1. The van der Waals surface area contributed by atoms with Gasteiger partial charge in [0.25, 0.3) is 5.91 Å². The van der Waals surface area contributed by atoms with Crippen molar-refractivity contribution in [3.05, 3.63) is 29.8 Å². The number of quaternary nitrogens is 1. The molecule has 1 heterocycles. The van der Waals surface area contributed by atoms with Gasteiger partial charge in [0, 0.05) is 11.7 Å². The Morgan fingerprint density at radius 3 is 2.50 bits per heavy atom. The van der Waals surface area contributed by atoms with Gasteiger partial charge >= 0.3 is 0 Å². The molecule has 0 aromatic heterocycles. The van der Waals surface area contributed by atoms with E-state index in [1.54, 1.807) is 0 Å². The van der Waals surface area contributed by atoms with Crippen LogP contribution in [0.1, 0.15) is 25.3 Å². The minimum Gasteiger partial charge on any atom is -0.348 e. The maximum atomic E-state index is 11.9. The normalized spacial score (nSPS) is 18.3. The number of benzene rings is 1. The summed E-state index contributed by atoms with van der Waals surface area (Å²) >= 11 is 5.54. The van der Waals surface area contributed by atoms with E-state index in [0.29, 0.717) is 12.6 Å². The molecule has 3 N–H and O–H groups in total. The van der Waals surface area contributed by atoms with Crippen LogP contribution in [0.25, 0.3) is 0 Å². The third-order valence-corrected chi connectivity index (χ3v) is 5.08. The number of nitrogens with one attached hydrogen (secondary N) is 3. The van der Waals surface area contributed by atoms with Gasteiger partial charge in [-0.3, -0.25) is 4.79 Å². The van der Waals surface area contributed by atoms with Crippen LogP contribution in [0.4, 0.5) is 5.69 Å². The van der Waals surface area contributed by atoms with Crippen molar-refractivity contribution >= 4 is 28.9 Å². The van der Waals surface area contributed by atoms with Gasteiger partial charge < -0.3 is 20.4 Å². The number of anilines is 1. The Kier molecular flexibility index (Phi) is 5.68. The van der Waals surface area contributed by atoms with Gasteiger partial charge in [0.1, 0.15) is 0 Å². The average Bonchev–Trinajstić information content (AvgIpc) is 3.40. The van der Waals surface area contributed by atoms with Crippen molar-refractivity contribution in [2.45, 2.75) is 32.2 Å². The van der Waals surface area contributed by atoms with E-state index >= 15 is 0 Å². The number of thiocarbonyl (C=S) groups is 1. The fraction of sp³-hybridized carbons (Fsp3) is 0.556. The highest BCUT2D eigenvalue weighted by molar-refractivity contribution is 7.80. The molecule has 5 nitrogen and oxygen atoms in total. The zero-order valence-corrected chi connectivity index (χ0v) is 15.1. The predicted molar refractivity (Wildman–Crippen MR) is 100 cm³/mol. The number of amides is 1. The molecule has 1 aliphatic heterocycles. The number of piperazine rings is 1. The van der Waals surface area contributed by atoms with Crippen molar-refractivity contribution < 1.29 is 9.69 Å². The molecule has 3 rings (SSSR count). The van der Waals surface area contributed by atoms with Crippen LogP contribution < -0.4 is 15.5 Å². The minimum absolute atomic E-state index is 0.192. The lowest BCUT2D eigenvalue weighted by atomic mass is 10.1. The molecule has 1 amide bonds. The largest absolute Gasteiger partial charge is 0.348 e. The second-order valence-electron chi connectivity index (χ2n) is 6.74. The molecule has 24 heavy (non-hydrogen) atoms. The smallest absolute Gasteiger partial charge is 0.275 e. The average molecular weight is 348 g/mol. The summed E-state index contributed by atoms with van der Waals surface area (Å²) in [5.41, 5.74) is 2.36. The summed E-state index contributed by atoms with van der Waals surface area (Å²) in [6.45, 7) is 6.43. The predicted octanol–water partition coefficient (Wildman–Crippen LogP) is 0.425. The van der Waals surface area contributed by atoms with Crippen LogP contribution in [-0.4, -0.2) is 54.7 Å². The molecule has 0 spiro atoms. The van der Waals surface area contributed by atoms with Crippen LogP contribution >= 0.6 is 12.2 Å². The van der Waals surface area contributed by atoms with Gasteiger partial charge in [0.05, 0.1) is 26.2 Å². The van der Waals surface area contributed by atoms with Crippen LogP contribution in [0, 0.1) is 0 Å². The van der Waals surface area contributed by atoms with E-state index in [-0.39, 0.29) is 5.91 Å². The third kappa shape index (κ3) is 4.92. The molecule has 130 valence electrons. The molecular formula is C18H27N4OS+.